The van der Waals surface area contributed by atoms with E-state index in [2.05, 4.69) is 4.72 Å². The first-order valence-corrected chi connectivity index (χ1v) is 8.55. The van der Waals surface area contributed by atoms with Crippen LogP contribution in [0.2, 0.25) is 0 Å². The minimum Gasteiger partial charge on any atom is -0.508 e. The van der Waals surface area contributed by atoms with Crippen LogP contribution in [0.5, 0.6) is 5.75 Å². The van der Waals surface area contributed by atoms with Crippen molar-refractivity contribution in [2.75, 3.05) is 0 Å². The molecule has 2 aromatic rings. The average Bonchev–Trinajstić information content (AvgIpc) is 2.83. The third-order valence-electron chi connectivity index (χ3n) is 3.77. The molecular weight excluding hydrogens is 286 g/mol. The monoisotopic (exact) mass is 303 g/mol. The third-order valence-corrected chi connectivity index (χ3v) is 5.12. The highest BCUT2D eigenvalue weighted by Gasteiger charge is 2.28. The molecule has 1 atom stereocenters. The predicted molar refractivity (Wildman–Crippen MR) is 81.4 cm³/mol. The van der Waals surface area contributed by atoms with Gasteiger partial charge in [0, 0.05) is 6.04 Å². The molecular formula is C16H17NO3S. The van der Waals surface area contributed by atoms with Crippen molar-refractivity contribution in [1.82, 2.24) is 4.72 Å². The van der Waals surface area contributed by atoms with Crippen molar-refractivity contribution >= 4 is 10.0 Å². The van der Waals surface area contributed by atoms with Crippen molar-refractivity contribution in [3.05, 3.63) is 65.2 Å². The van der Waals surface area contributed by atoms with Gasteiger partial charge in [-0.2, -0.15) is 0 Å². The van der Waals surface area contributed by atoms with E-state index < -0.39 is 10.0 Å². The zero-order chi connectivity index (χ0) is 14.9. The van der Waals surface area contributed by atoms with Gasteiger partial charge in [0.1, 0.15) is 5.75 Å². The fraction of sp³-hybridized carbons (Fsp3) is 0.250. The lowest BCUT2D eigenvalue weighted by atomic mass is 10.1. The summed E-state index contributed by atoms with van der Waals surface area (Å²) in [7, 11) is -3.41. The van der Waals surface area contributed by atoms with Gasteiger partial charge in [-0.3, -0.25) is 0 Å². The van der Waals surface area contributed by atoms with Crippen LogP contribution in [-0.2, 0) is 22.2 Å². The standard InChI is InChI=1S/C16H17NO3S/c18-16-8-4-7-13-14(16)9-10-15(13)17-21(19,20)11-12-5-2-1-3-6-12/h1-8,15,17-18H,9-11H2. The Hall–Kier alpha value is -1.85. The molecule has 1 aliphatic rings. The topological polar surface area (TPSA) is 66.4 Å². The van der Waals surface area contributed by atoms with E-state index in [0.29, 0.717) is 12.8 Å². The molecule has 2 N–H and O–H groups in total. The third kappa shape index (κ3) is 3.09. The molecule has 0 saturated carbocycles. The molecule has 4 nitrogen and oxygen atoms in total. The number of sulfonamides is 1. The second kappa shape index (κ2) is 5.50. The summed E-state index contributed by atoms with van der Waals surface area (Å²) in [5.41, 5.74) is 2.50. The summed E-state index contributed by atoms with van der Waals surface area (Å²) in [5.74, 6) is 0.218. The fourth-order valence-electron chi connectivity index (χ4n) is 2.81. The highest BCUT2D eigenvalue weighted by atomic mass is 32.2. The predicted octanol–water partition coefficient (Wildman–Crippen LogP) is 2.50. The number of hydrogen-bond donors (Lipinski definition) is 2. The summed E-state index contributed by atoms with van der Waals surface area (Å²) in [6, 6.07) is 14.1. The molecule has 0 radical (unpaired) electrons. The number of benzene rings is 2. The second-order valence-corrected chi connectivity index (χ2v) is 7.05. The molecule has 0 fully saturated rings. The van der Waals surface area contributed by atoms with Gasteiger partial charge in [0.2, 0.25) is 10.0 Å². The van der Waals surface area contributed by atoms with Gasteiger partial charge in [-0.25, -0.2) is 13.1 Å². The molecule has 0 aromatic heterocycles. The quantitative estimate of drug-likeness (QED) is 0.912. The maximum Gasteiger partial charge on any atom is 0.216 e. The van der Waals surface area contributed by atoms with E-state index in [9.17, 15) is 13.5 Å². The van der Waals surface area contributed by atoms with E-state index in [1.165, 1.54) is 0 Å². The Kier molecular flexibility index (Phi) is 3.69. The summed E-state index contributed by atoms with van der Waals surface area (Å²) in [5, 5.41) is 9.81. The molecule has 1 unspecified atom stereocenters. The molecule has 0 heterocycles. The first kappa shape index (κ1) is 14.1. The van der Waals surface area contributed by atoms with Gasteiger partial charge >= 0.3 is 0 Å². The lowest BCUT2D eigenvalue weighted by Crippen LogP contribution is -2.28. The van der Waals surface area contributed by atoms with E-state index in [1.54, 1.807) is 24.3 Å². The number of rotatable bonds is 4. The Morgan fingerprint density at radius 3 is 2.62 bits per heavy atom. The second-order valence-electron chi connectivity index (χ2n) is 5.30. The molecule has 0 saturated heterocycles. The van der Waals surface area contributed by atoms with Gasteiger partial charge in [-0.1, -0.05) is 42.5 Å². The van der Waals surface area contributed by atoms with Crippen molar-refractivity contribution in [3.8, 4) is 5.75 Å². The summed E-state index contributed by atoms with van der Waals surface area (Å²) in [6.07, 6.45) is 1.38. The lowest BCUT2D eigenvalue weighted by Gasteiger charge is -2.14. The van der Waals surface area contributed by atoms with Gasteiger partial charge in [-0.05, 0) is 35.6 Å². The van der Waals surface area contributed by atoms with Crippen LogP contribution in [0.1, 0.15) is 29.2 Å². The van der Waals surface area contributed by atoms with Crippen LogP contribution < -0.4 is 4.72 Å². The first-order chi connectivity index (χ1) is 10.1. The van der Waals surface area contributed by atoms with E-state index >= 15 is 0 Å². The summed E-state index contributed by atoms with van der Waals surface area (Å²) >= 11 is 0. The van der Waals surface area contributed by atoms with Crippen LogP contribution in [-0.4, -0.2) is 13.5 Å². The lowest BCUT2D eigenvalue weighted by molar-refractivity contribution is 0.469. The van der Waals surface area contributed by atoms with E-state index in [4.69, 9.17) is 0 Å². The van der Waals surface area contributed by atoms with Crippen LogP contribution in [0.4, 0.5) is 0 Å². The molecule has 0 amide bonds. The van der Waals surface area contributed by atoms with Gasteiger partial charge in [0.05, 0.1) is 5.75 Å². The molecule has 0 spiro atoms. The van der Waals surface area contributed by atoms with Crippen LogP contribution in [0.3, 0.4) is 0 Å². The minimum absolute atomic E-state index is 0.0293. The zero-order valence-corrected chi connectivity index (χ0v) is 12.3. The van der Waals surface area contributed by atoms with E-state index in [0.717, 1.165) is 16.7 Å². The van der Waals surface area contributed by atoms with Gasteiger partial charge in [-0.15, -0.1) is 0 Å². The smallest absolute Gasteiger partial charge is 0.216 e. The zero-order valence-electron chi connectivity index (χ0n) is 11.5. The Morgan fingerprint density at radius 1 is 1.10 bits per heavy atom. The molecule has 110 valence electrons. The highest BCUT2D eigenvalue weighted by molar-refractivity contribution is 7.88. The van der Waals surface area contributed by atoms with Gasteiger partial charge < -0.3 is 5.11 Å². The van der Waals surface area contributed by atoms with Crippen LogP contribution in [0, 0.1) is 0 Å². The number of aromatic hydroxyl groups is 1. The number of phenols is 1. The maximum atomic E-state index is 12.3. The molecule has 0 bridgehead atoms. The number of nitrogens with one attached hydrogen (secondary N) is 1. The molecule has 5 heteroatoms. The summed E-state index contributed by atoms with van der Waals surface area (Å²) in [4.78, 5) is 0. The fourth-order valence-corrected chi connectivity index (χ4v) is 4.20. The first-order valence-electron chi connectivity index (χ1n) is 6.90. The molecule has 2 aromatic carbocycles. The SMILES string of the molecule is O=S(=O)(Cc1ccccc1)NC1CCc2c(O)cccc21. The van der Waals surface area contributed by atoms with Crippen molar-refractivity contribution in [2.24, 2.45) is 0 Å². The number of hydrogen-bond acceptors (Lipinski definition) is 3. The normalized spacial score (nSPS) is 17.6. The van der Waals surface area contributed by atoms with Crippen LogP contribution >= 0.6 is 0 Å². The Morgan fingerprint density at radius 2 is 1.86 bits per heavy atom. The molecule has 3 rings (SSSR count). The summed E-state index contributed by atoms with van der Waals surface area (Å²) < 4.78 is 27.3. The minimum atomic E-state index is -3.41. The number of phenolic OH excluding ortho intramolecular Hbond substituents is 1. The molecule has 21 heavy (non-hydrogen) atoms. The highest BCUT2D eigenvalue weighted by Crippen LogP contribution is 2.36. The van der Waals surface area contributed by atoms with Crippen LogP contribution in [0.15, 0.2) is 48.5 Å². The van der Waals surface area contributed by atoms with Gasteiger partial charge in [0.15, 0.2) is 0 Å². The Balaban J connectivity index is 1.78. The molecule has 1 aliphatic carbocycles. The van der Waals surface area contributed by atoms with Crippen molar-refractivity contribution in [1.29, 1.82) is 0 Å². The van der Waals surface area contributed by atoms with E-state index in [1.807, 2.05) is 24.3 Å². The Bertz CT molecular complexity index is 741. The largest absolute Gasteiger partial charge is 0.508 e. The number of fused-ring (bicyclic) bond motifs is 1. The van der Waals surface area contributed by atoms with Gasteiger partial charge in [0.25, 0.3) is 0 Å². The Labute approximate surface area is 124 Å². The maximum absolute atomic E-state index is 12.3. The van der Waals surface area contributed by atoms with Crippen molar-refractivity contribution in [3.63, 3.8) is 0 Å². The average molecular weight is 303 g/mol. The summed E-state index contributed by atoms with van der Waals surface area (Å²) in [6.45, 7) is 0. The van der Waals surface area contributed by atoms with Crippen molar-refractivity contribution < 1.29 is 13.5 Å². The van der Waals surface area contributed by atoms with Crippen LogP contribution in [0.25, 0.3) is 0 Å². The molecule has 0 aliphatic heterocycles. The van der Waals surface area contributed by atoms with Crippen molar-refractivity contribution in [2.45, 2.75) is 24.6 Å². The van der Waals surface area contributed by atoms with E-state index in [-0.39, 0.29) is 17.5 Å².